The molecule has 0 fully saturated rings. The van der Waals surface area contributed by atoms with Gasteiger partial charge in [0.2, 0.25) is 0 Å². The lowest BCUT2D eigenvalue weighted by atomic mass is 9.84. The van der Waals surface area contributed by atoms with Gasteiger partial charge in [0.05, 0.1) is 0 Å². The molecule has 2 rings (SSSR count). The summed E-state index contributed by atoms with van der Waals surface area (Å²) in [7, 11) is 4.23. The first kappa shape index (κ1) is 23.0. The SMILES string of the molecule is CC(C)CCC(CC(C)CN(C)C)c1ccccc1OC(=O)Nc1ccccc1. The molecule has 1 N–H and O–H groups in total. The first-order chi connectivity index (χ1) is 13.8. The lowest BCUT2D eigenvalue weighted by Gasteiger charge is -2.25. The topological polar surface area (TPSA) is 41.6 Å². The van der Waals surface area contributed by atoms with Crippen LogP contribution < -0.4 is 10.1 Å². The number of nitrogens with zero attached hydrogens (tertiary/aromatic N) is 1. The van der Waals surface area contributed by atoms with Crippen LogP contribution in [0, 0.1) is 11.8 Å². The summed E-state index contributed by atoms with van der Waals surface area (Å²) in [5.74, 6) is 2.24. The molecule has 0 heterocycles. The molecule has 1 amide bonds. The van der Waals surface area contributed by atoms with Crippen LogP contribution in [0.1, 0.15) is 51.5 Å². The molecule has 0 aromatic heterocycles. The summed E-state index contributed by atoms with van der Waals surface area (Å²) < 4.78 is 5.74. The maximum atomic E-state index is 12.5. The predicted molar refractivity (Wildman–Crippen MR) is 122 cm³/mol. The van der Waals surface area contributed by atoms with E-state index in [0.717, 1.165) is 37.1 Å². The van der Waals surface area contributed by atoms with Crippen molar-refractivity contribution in [1.29, 1.82) is 0 Å². The van der Waals surface area contributed by atoms with Crippen molar-refractivity contribution in [2.75, 3.05) is 26.0 Å². The number of benzene rings is 2. The fraction of sp³-hybridized carbons (Fsp3) is 0.480. The second-order valence-corrected chi connectivity index (χ2v) is 8.69. The number of carbonyl (C=O) groups is 1. The summed E-state index contributed by atoms with van der Waals surface area (Å²) in [6.07, 6.45) is 2.87. The van der Waals surface area contributed by atoms with Crippen molar-refractivity contribution in [3.63, 3.8) is 0 Å². The maximum absolute atomic E-state index is 12.5. The molecule has 0 bridgehead atoms. The van der Waals surface area contributed by atoms with Crippen molar-refractivity contribution in [2.24, 2.45) is 11.8 Å². The monoisotopic (exact) mass is 396 g/mol. The Hall–Kier alpha value is -2.33. The molecule has 0 radical (unpaired) electrons. The highest BCUT2D eigenvalue weighted by molar-refractivity contribution is 5.86. The van der Waals surface area contributed by atoms with Gasteiger partial charge in [0.25, 0.3) is 0 Å². The molecule has 29 heavy (non-hydrogen) atoms. The standard InChI is InChI=1S/C25H36N2O2/c1-19(2)15-16-21(17-20(3)18-27(4)5)23-13-9-10-14-24(23)29-25(28)26-22-11-7-6-8-12-22/h6-14,19-21H,15-18H2,1-5H3,(H,26,28). The molecular formula is C25H36N2O2. The van der Waals surface area contributed by atoms with Crippen molar-refractivity contribution in [3.8, 4) is 5.75 Å². The van der Waals surface area contributed by atoms with E-state index < -0.39 is 6.09 Å². The van der Waals surface area contributed by atoms with E-state index in [9.17, 15) is 4.79 Å². The van der Waals surface area contributed by atoms with Crippen LogP contribution in [-0.4, -0.2) is 31.6 Å². The molecule has 158 valence electrons. The molecule has 2 atom stereocenters. The van der Waals surface area contributed by atoms with Crippen LogP contribution in [0.5, 0.6) is 5.75 Å². The number of hydrogen-bond acceptors (Lipinski definition) is 3. The highest BCUT2D eigenvalue weighted by Gasteiger charge is 2.21. The fourth-order valence-corrected chi connectivity index (χ4v) is 3.79. The van der Waals surface area contributed by atoms with Gasteiger partial charge >= 0.3 is 6.09 Å². The van der Waals surface area contributed by atoms with Crippen molar-refractivity contribution < 1.29 is 9.53 Å². The summed E-state index contributed by atoms with van der Waals surface area (Å²) in [5, 5.41) is 2.81. The number of anilines is 1. The zero-order chi connectivity index (χ0) is 21.2. The van der Waals surface area contributed by atoms with Crippen LogP contribution in [0.3, 0.4) is 0 Å². The number of hydrogen-bond donors (Lipinski definition) is 1. The van der Waals surface area contributed by atoms with Gasteiger partial charge in [-0.3, -0.25) is 5.32 Å². The van der Waals surface area contributed by atoms with Crippen LogP contribution in [0.2, 0.25) is 0 Å². The van der Waals surface area contributed by atoms with E-state index in [1.54, 1.807) is 0 Å². The van der Waals surface area contributed by atoms with Crippen LogP contribution >= 0.6 is 0 Å². The molecule has 0 aliphatic heterocycles. The number of carbonyl (C=O) groups excluding carboxylic acids is 1. The quantitative estimate of drug-likeness (QED) is 0.505. The van der Waals surface area contributed by atoms with E-state index in [1.807, 2.05) is 48.5 Å². The van der Waals surface area contributed by atoms with E-state index in [4.69, 9.17) is 4.74 Å². The summed E-state index contributed by atoms with van der Waals surface area (Å²) in [6.45, 7) is 7.87. The van der Waals surface area contributed by atoms with E-state index in [0.29, 0.717) is 23.5 Å². The number of amides is 1. The smallest absolute Gasteiger partial charge is 0.410 e. The van der Waals surface area contributed by atoms with Gasteiger partial charge in [-0.1, -0.05) is 63.6 Å². The number of rotatable bonds is 10. The molecule has 0 aliphatic rings. The van der Waals surface area contributed by atoms with Crippen LogP contribution in [0.15, 0.2) is 54.6 Å². The Labute approximate surface area is 176 Å². The molecule has 4 heteroatoms. The average molecular weight is 397 g/mol. The third-order valence-corrected chi connectivity index (χ3v) is 5.04. The van der Waals surface area contributed by atoms with Crippen LogP contribution in [-0.2, 0) is 0 Å². The van der Waals surface area contributed by atoms with Gasteiger partial charge < -0.3 is 9.64 Å². The molecule has 0 saturated heterocycles. The van der Waals surface area contributed by atoms with Crippen molar-refractivity contribution in [3.05, 3.63) is 60.2 Å². The van der Waals surface area contributed by atoms with Crippen LogP contribution in [0.4, 0.5) is 10.5 Å². The first-order valence-electron chi connectivity index (χ1n) is 10.6. The summed E-state index contributed by atoms with van der Waals surface area (Å²) in [4.78, 5) is 14.7. The van der Waals surface area contributed by atoms with Gasteiger partial charge in [-0.2, -0.15) is 0 Å². The third-order valence-electron chi connectivity index (χ3n) is 5.04. The number of para-hydroxylation sites is 2. The van der Waals surface area contributed by atoms with E-state index in [2.05, 4.69) is 51.1 Å². The highest BCUT2D eigenvalue weighted by Crippen LogP contribution is 2.36. The van der Waals surface area contributed by atoms with E-state index in [1.165, 1.54) is 0 Å². The molecule has 4 nitrogen and oxygen atoms in total. The predicted octanol–water partition coefficient (Wildman–Crippen LogP) is 6.41. The second kappa shape index (κ2) is 11.6. The Bertz CT molecular complexity index is 743. The van der Waals surface area contributed by atoms with E-state index >= 15 is 0 Å². The second-order valence-electron chi connectivity index (χ2n) is 8.69. The first-order valence-corrected chi connectivity index (χ1v) is 10.6. The van der Waals surface area contributed by atoms with E-state index in [-0.39, 0.29) is 0 Å². The third kappa shape index (κ3) is 8.28. The molecule has 2 unspecified atom stereocenters. The van der Waals surface area contributed by atoms with Crippen molar-refractivity contribution >= 4 is 11.8 Å². The zero-order valence-corrected chi connectivity index (χ0v) is 18.5. The van der Waals surface area contributed by atoms with Crippen molar-refractivity contribution in [2.45, 2.75) is 46.0 Å². The highest BCUT2D eigenvalue weighted by atomic mass is 16.6. The Morgan fingerprint density at radius 1 is 0.966 bits per heavy atom. The summed E-state index contributed by atoms with van der Waals surface area (Å²) in [6, 6.07) is 17.4. The Morgan fingerprint density at radius 3 is 2.28 bits per heavy atom. The largest absolute Gasteiger partial charge is 0.417 e. The molecule has 0 saturated carbocycles. The Balaban J connectivity index is 2.16. The molecule has 2 aromatic rings. The van der Waals surface area contributed by atoms with Gasteiger partial charge in [-0.15, -0.1) is 0 Å². The lowest BCUT2D eigenvalue weighted by Crippen LogP contribution is -2.22. The zero-order valence-electron chi connectivity index (χ0n) is 18.5. The number of nitrogens with one attached hydrogen (secondary N) is 1. The van der Waals surface area contributed by atoms with Gasteiger partial charge in [0, 0.05) is 12.2 Å². The fourth-order valence-electron chi connectivity index (χ4n) is 3.79. The minimum atomic E-state index is -0.451. The van der Waals surface area contributed by atoms with Gasteiger partial charge in [0.1, 0.15) is 5.75 Å². The van der Waals surface area contributed by atoms with Gasteiger partial charge in [-0.25, -0.2) is 4.79 Å². The maximum Gasteiger partial charge on any atom is 0.417 e. The lowest BCUT2D eigenvalue weighted by molar-refractivity contribution is 0.214. The summed E-state index contributed by atoms with van der Waals surface area (Å²) in [5.41, 5.74) is 1.85. The minimum absolute atomic E-state index is 0.369. The number of ether oxygens (including phenoxy) is 1. The van der Waals surface area contributed by atoms with Gasteiger partial charge in [0.15, 0.2) is 0 Å². The van der Waals surface area contributed by atoms with Crippen molar-refractivity contribution in [1.82, 2.24) is 4.90 Å². The summed E-state index contributed by atoms with van der Waals surface area (Å²) >= 11 is 0. The minimum Gasteiger partial charge on any atom is -0.410 e. The normalized spacial score (nSPS) is 13.3. The average Bonchev–Trinajstić information content (AvgIpc) is 2.65. The molecule has 0 aliphatic carbocycles. The van der Waals surface area contributed by atoms with Gasteiger partial charge in [-0.05, 0) is 68.5 Å². The molecule has 2 aromatic carbocycles. The molecular weight excluding hydrogens is 360 g/mol. The molecule has 0 spiro atoms. The Kier molecular flexibility index (Phi) is 9.20. The Morgan fingerprint density at radius 2 is 1.62 bits per heavy atom. The van der Waals surface area contributed by atoms with Crippen LogP contribution in [0.25, 0.3) is 0 Å².